The summed E-state index contributed by atoms with van der Waals surface area (Å²) >= 11 is 0. The van der Waals surface area contributed by atoms with Crippen LogP contribution in [-0.2, 0) is 16.2 Å². The van der Waals surface area contributed by atoms with Gasteiger partial charge in [0, 0.05) is 6.42 Å². The lowest BCUT2D eigenvalue weighted by atomic mass is 10.0. The van der Waals surface area contributed by atoms with Gasteiger partial charge in [0.15, 0.2) is 0 Å². The number of aromatic nitrogens is 3. The zero-order valence-electron chi connectivity index (χ0n) is 14.4. The third-order valence-corrected chi connectivity index (χ3v) is 4.36. The van der Waals surface area contributed by atoms with Crippen molar-refractivity contribution < 1.29 is 9.63 Å². The molecule has 4 rings (SSSR count). The van der Waals surface area contributed by atoms with Gasteiger partial charge in [-0.2, -0.15) is 0 Å². The highest BCUT2D eigenvalue weighted by Gasteiger charge is 2.22. The number of oxime groups is 1. The maximum absolute atomic E-state index is 12.2. The van der Waals surface area contributed by atoms with Crippen molar-refractivity contribution >= 4 is 22.7 Å². The van der Waals surface area contributed by atoms with E-state index in [1.165, 1.54) is 5.56 Å². The minimum atomic E-state index is -0.150. The van der Waals surface area contributed by atoms with Crippen molar-refractivity contribution in [3.63, 3.8) is 0 Å². The second-order valence-corrected chi connectivity index (χ2v) is 6.38. The van der Waals surface area contributed by atoms with Crippen LogP contribution in [0.25, 0.3) is 11.0 Å². The molecule has 1 atom stereocenters. The summed E-state index contributed by atoms with van der Waals surface area (Å²) < 4.78 is 1.59. The number of rotatable bonds is 5. The molecule has 2 aromatic carbocycles. The van der Waals surface area contributed by atoms with Gasteiger partial charge in [-0.25, -0.2) is 4.68 Å². The van der Waals surface area contributed by atoms with Gasteiger partial charge in [0.25, 0.3) is 0 Å². The molecule has 0 saturated carbocycles. The van der Waals surface area contributed by atoms with Crippen molar-refractivity contribution in [3.8, 4) is 0 Å². The number of nitrogens with one attached hydrogen (secondary N) is 1. The lowest BCUT2D eigenvalue weighted by molar-refractivity contribution is -0.122. The summed E-state index contributed by atoms with van der Waals surface area (Å²) in [5.74, 6) is -0.131. The summed E-state index contributed by atoms with van der Waals surface area (Å²) in [5.41, 5.74) is 4.78. The highest BCUT2D eigenvalue weighted by Crippen LogP contribution is 2.17. The largest absolute Gasteiger partial charge is 0.390 e. The molecule has 0 spiro atoms. The third-order valence-electron chi connectivity index (χ3n) is 4.36. The Kier molecular flexibility index (Phi) is 4.35. The minimum Gasteiger partial charge on any atom is -0.390 e. The number of carbonyl (C=O) groups is 1. The van der Waals surface area contributed by atoms with Crippen LogP contribution in [0.15, 0.2) is 53.7 Å². The SMILES string of the molecule is Cc1ccc(C2=NOC(CNC(=O)Cn3nnc4ccccc43)C2)cc1. The quantitative estimate of drug-likeness (QED) is 0.764. The van der Waals surface area contributed by atoms with E-state index in [0.717, 1.165) is 22.3 Å². The van der Waals surface area contributed by atoms with Crippen LogP contribution >= 0.6 is 0 Å². The molecule has 0 aliphatic carbocycles. The van der Waals surface area contributed by atoms with Gasteiger partial charge in [-0.3, -0.25) is 4.79 Å². The van der Waals surface area contributed by atoms with E-state index in [2.05, 4.69) is 32.9 Å². The second kappa shape index (κ2) is 6.95. The van der Waals surface area contributed by atoms with Crippen LogP contribution in [0.3, 0.4) is 0 Å². The fourth-order valence-electron chi connectivity index (χ4n) is 2.91. The molecule has 0 saturated heterocycles. The van der Waals surface area contributed by atoms with E-state index in [4.69, 9.17) is 4.84 Å². The highest BCUT2D eigenvalue weighted by molar-refractivity contribution is 6.01. The van der Waals surface area contributed by atoms with Gasteiger partial charge in [-0.05, 0) is 24.6 Å². The molecule has 26 heavy (non-hydrogen) atoms. The van der Waals surface area contributed by atoms with E-state index in [0.29, 0.717) is 13.0 Å². The zero-order chi connectivity index (χ0) is 17.9. The van der Waals surface area contributed by atoms with E-state index in [9.17, 15) is 4.79 Å². The van der Waals surface area contributed by atoms with E-state index in [1.54, 1.807) is 4.68 Å². The Morgan fingerprint density at radius 2 is 2.04 bits per heavy atom. The van der Waals surface area contributed by atoms with Crippen molar-refractivity contribution in [2.24, 2.45) is 5.16 Å². The summed E-state index contributed by atoms with van der Waals surface area (Å²) in [6.07, 6.45) is 0.526. The summed E-state index contributed by atoms with van der Waals surface area (Å²) in [4.78, 5) is 17.7. The average molecular weight is 349 g/mol. The molecule has 2 heterocycles. The lowest BCUT2D eigenvalue weighted by Gasteiger charge is -2.10. The zero-order valence-corrected chi connectivity index (χ0v) is 14.4. The molecular weight excluding hydrogens is 330 g/mol. The fraction of sp³-hybridized carbons (Fsp3) is 0.263. The van der Waals surface area contributed by atoms with Gasteiger partial charge in [-0.15, -0.1) is 5.10 Å². The van der Waals surface area contributed by atoms with Gasteiger partial charge >= 0.3 is 0 Å². The smallest absolute Gasteiger partial charge is 0.241 e. The number of aryl methyl sites for hydroxylation is 1. The molecular formula is C19H19N5O2. The van der Waals surface area contributed by atoms with Crippen LogP contribution in [0, 0.1) is 6.92 Å². The number of nitrogens with zero attached hydrogens (tertiary/aromatic N) is 4. The Bertz CT molecular complexity index is 961. The Labute approximate surface area is 150 Å². The van der Waals surface area contributed by atoms with Gasteiger partial charge in [0.05, 0.1) is 17.8 Å². The Hall–Kier alpha value is -3.22. The highest BCUT2D eigenvalue weighted by atomic mass is 16.6. The normalized spacial score (nSPS) is 16.3. The molecule has 1 aliphatic heterocycles. The van der Waals surface area contributed by atoms with E-state index < -0.39 is 0 Å². The van der Waals surface area contributed by atoms with Crippen molar-refractivity contribution in [1.29, 1.82) is 0 Å². The molecule has 1 amide bonds. The van der Waals surface area contributed by atoms with E-state index in [1.807, 2.05) is 43.3 Å². The molecule has 0 bridgehead atoms. The van der Waals surface area contributed by atoms with Gasteiger partial charge < -0.3 is 10.2 Å². The summed E-state index contributed by atoms with van der Waals surface area (Å²) in [6, 6.07) is 15.7. The van der Waals surface area contributed by atoms with Crippen molar-refractivity contribution in [2.75, 3.05) is 6.54 Å². The summed E-state index contributed by atoms with van der Waals surface area (Å²) in [6.45, 7) is 2.58. The number of para-hydroxylation sites is 1. The maximum Gasteiger partial charge on any atom is 0.241 e. The van der Waals surface area contributed by atoms with E-state index >= 15 is 0 Å². The van der Waals surface area contributed by atoms with Gasteiger partial charge in [-0.1, -0.05) is 52.3 Å². The first-order chi connectivity index (χ1) is 12.7. The molecule has 7 nitrogen and oxygen atoms in total. The molecule has 7 heteroatoms. The first-order valence-electron chi connectivity index (χ1n) is 8.54. The number of fused-ring (bicyclic) bond motifs is 1. The van der Waals surface area contributed by atoms with E-state index in [-0.39, 0.29) is 18.6 Å². The number of hydrogen-bond acceptors (Lipinski definition) is 5. The van der Waals surface area contributed by atoms with Crippen LogP contribution in [0.5, 0.6) is 0 Å². The predicted octanol–water partition coefficient (Wildman–Crippen LogP) is 2.05. The molecule has 1 N–H and O–H groups in total. The Morgan fingerprint density at radius 3 is 2.88 bits per heavy atom. The Balaban J connectivity index is 1.30. The third kappa shape index (κ3) is 3.42. The Morgan fingerprint density at radius 1 is 1.23 bits per heavy atom. The number of hydrogen-bond donors (Lipinski definition) is 1. The van der Waals surface area contributed by atoms with Crippen LogP contribution < -0.4 is 5.32 Å². The fourth-order valence-corrected chi connectivity index (χ4v) is 2.91. The van der Waals surface area contributed by atoms with Crippen molar-refractivity contribution in [3.05, 3.63) is 59.7 Å². The number of benzene rings is 2. The monoisotopic (exact) mass is 349 g/mol. The molecule has 3 aromatic rings. The average Bonchev–Trinajstić information content (AvgIpc) is 3.28. The predicted molar refractivity (Wildman–Crippen MR) is 97.7 cm³/mol. The number of carbonyl (C=O) groups excluding carboxylic acids is 1. The second-order valence-electron chi connectivity index (χ2n) is 6.38. The minimum absolute atomic E-state index is 0.124. The summed E-state index contributed by atoms with van der Waals surface area (Å²) in [5, 5.41) is 15.1. The molecule has 1 unspecified atom stereocenters. The van der Waals surface area contributed by atoms with Crippen LogP contribution in [0.2, 0.25) is 0 Å². The van der Waals surface area contributed by atoms with Gasteiger partial charge in [0.2, 0.25) is 5.91 Å². The molecule has 0 radical (unpaired) electrons. The van der Waals surface area contributed by atoms with Crippen molar-refractivity contribution in [2.45, 2.75) is 26.0 Å². The van der Waals surface area contributed by atoms with Gasteiger partial charge in [0.1, 0.15) is 18.2 Å². The lowest BCUT2D eigenvalue weighted by Crippen LogP contribution is -2.34. The summed E-state index contributed by atoms with van der Waals surface area (Å²) in [7, 11) is 0. The first kappa shape index (κ1) is 16.3. The van der Waals surface area contributed by atoms with Crippen molar-refractivity contribution in [1.82, 2.24) is 20.3 Å². The molecule has 1 aliphatic rings. The number of amides is 1. The van der Waals surface area contributed by atoms with Crippen LogP contribution in [-0.4, -0.2) is 39.3 Å². The standard InChI is InChI=1S/C19H19N5O2/c1-13-6-8-14(9-7-13)17-10-15(26-22-17)11-20-19(25)12-24-18-5-3-2-4-16(18)21-23-24/h2-9,15H,10-12H2,1H3,(H,20,25). The molecule has 132 valence electrons. The maximum atomic E-state index is 12.2. The molecule has 0 fully saturated rings. The topological polar surface area (TPSA) is 81.4 Å². The van der Waals surface area contributed by atoms with Crippen LogP contribution in [0.1, 0.15) is 17.5 Å². The first-order valence-corrected chi connectivity index (χ1v) is 8.54. The van der Waals surface area contributed by atoms with Crippen LogP contribution in [0.4, 0.5) is 0 Å². The molecule has 1 aromatic heterocycles.